The molecule has 53 heavy (non-hydrogen) atoms. The van der Waals surface area contributed by atoms with E-state index in [0.29, 0.717) is 5.82 Å². The summed E-state index contributed by atoms with van der Waals surface area (Å²) < 4.78 is 0. The second kappa shape index (κ2) is 12.2. The predicted octanol–water partition coefficient (Wildman–Crippen LogP) is 12.8. The highest BCUT2D eigenvalue weighted by Gasteiger charge is 2.36. The van der Waals surface area contributed by atoms with Gasteiger partial charge in [-0.05, 0) is 96.9 Å². The molecular weight excluding hydrogens is 643 g/mol. The van der Waals surface area contributed by atoms with Crippen molar-refractivity contribution in [2.24, 2.45) is 0 Å². The first-order chi connectivity index (χ1) is 26.0. The Hall–Kier alpha value is -6.71. The molecule has 0 spiro atoms. The highest BCUT2D eigenvalue weighted by atomic mass is 14.9. The number of fused-ring (bicyclic) bond motifs is 5. The molecule has 2 aromatic heterocycles. The van der Waals surface area contributed by atoms with Crippen molar-refractivity contribution < 1.29 is 0 Å². The van der Waals surface area contributed by atoms with Crippen LogP contribution in [0.3, 0.4) is 0 Å². The summed E-state index contributed by atoms with van der Waals surface area (Å²) in [7, 11) is 0. The lowest BCUT2D eigenvalue weighted by Gasteiger charge is -2.22. The predicted molar refractivity (Wildman–Crippen MR) is 220 cm³/mol. The van der Waals surface area contributed by atoms with E-state index >= 15 is 0 Å². The molecule has 0 bridgehead atoms. The van der Waals surface area contributed by atoms with Crippen LogP contribution in [0.4, 0.5) is 0 Å². The molecule has 0 fully saturated rings. The molecule has 2 heterocycles. The Morgan fingerprint density at radius 1 is 0.396 bits per heavy atom. The van der Waals surface area contributed by atoms with Crippen LogP contribution in [-0.4, -0.2) is 15.0 Å². The second-order valence-electron chi connectivity index (χ2n) is 14.5. The van der Waals surface area contributed by atoms with Gasteiger partial charge in [0.2, 0.25) is 0 Å². The van der Waals surface area contributed by atoms with Crippen LogP contribution in [0, 0.1) is 0 Å². The highest BCUT2D eigenvalue weighted by molar-refractivity contribution is 6.05. The Bertz CT molecular complexity index is 2860. The van der Waals surface area contributed by atoms with Crippen molar-refractivity contribution in [3.8, 4) is 67.3 Å². The van der Waals surface area contributed by atoms with Crippen LogP contribution in [-0.2, 0) is 5.41 Å². The average molecular weight is 678 g/mol. The van der Waals surface area contributed by atoms with Gasteiger partial charge in [-0.3, -0.25) is 4.98 Å². The van der Waals surface area contributed by atoms with Crippen molar-refractivity contribution in [3.05, 3.63) is 187 Å². The third-order valence-corrected chi connectivity index (χ3v) is 11.0. The molecule has 0 radical (unpaired) electrons. The maximum Gasteiger partial charge on any atom is 0.160 e. The van der Waals surface area contributed by atoms with Gasteiger partial charge in [-0.25, -0.2) is 9.97 Å². The van der Waals surface area contributed by atoms with Gasteiger partial charge in [-0.15, -0.1) is 0 Å². The molecule has 0 saturated carbocycles. The summed E-state index contributed by atoms with van der Waals surface area (Å²) >= 11 is 0. The van der Waals surface area contributed by atoms with Crippen molar-refractivity contribution in [3.63, 3.8) is 0 Å². The molecule has 0 amide bonds. The number of pyridine rings is 1. The van der Waals surface area contributed by atoms with E-state index in [-0.39, 0.29) is 5.41 Å². The lowest BCUT2D eigenvalue weighted by Crippen LogP contribution is -2.15. The van der Waals surface area contributed by atoms with Crippen LogP contribution >= 0.6 is 0 Å². The standard InChI is InChI=1S/C50H35N3/c1-50(2)45-29-36(21-22-42(45)44-27-34-14-6-7-15-35(34)28-46(44)50)39-23-24-43(41-20-9-8-19-40(39)41)48-30-47(52-49(53-48)32-12-4-3-5-13-32)37-17-10-16-33(26-37)38-18-11-25-51-31-38/h3-31H,1-2H3. The van der Waals surface area contributed by atoms with Gasteiger partial charge in [0, 0.05) is 40.1 Å². The Balaban J connectivity index is 1.11. The summed E-state index contributed by atoms with van der Waals surface area (Å²) in [5, 5.41) is 4.93. The highest BCUT2D eigenvalue weighted by Crippen LogP contribution is 2.51. The number of rotatable bonds is 5. The zero-order valence-corrected chi connectivity index (χ0v) is 29.6. The lowest BCUT2D eigenvalue weighted by molar-refractivity contribution is 0.661. The molecule has 0 N–H and O–H groups in total. The fourth-order valence-corrected chi connectivity index (χ4v) is 8.20. The molecule has 1 aliphatic rings. The van der Waals surface area contributed by atoms with Crippen LogP contribution in [0.25, 0.3) is 88.8 Å². The molecule has 3 heteroatoms. The van der Waals surface area contributed by atoms with Crippen LogP contribution in [0.1, 0.15) is 25.0 Å². The normalized spacial score (nSPS) is 12.9. The van der Waals surface area contributed by atoms with Gasteiger partial charge in [-0.1, -0.05) is 141 Å². The maximum absolute atomic E-state index is 5.22. The monoisotopic (exact) mass is 677 g/mol. The number of aromatic nitrogens is 3. The third kappa shape index (κ3) is 5.24. The van der Waals surface area contributed by atoms with Gasteiger partial charge in [0.25, 0.3) is 0 Å². The van der Waals surface area contributed by atoms with E-state index < -0.39 is 0 Å². The number of nitrogens with zero attached hydrogens (tertiary/aromatic N) is 3. The minimum atomic E-state index is -0.111. The fourth-order valence-electron chi connectivity index (χ4n) is 8.20. The summed E-state index contributed by atoms with van der Waals surface area (Å²) in [6, 6.07) is 58.7. The zero-order valence-electron chi connectivity index (χ0n) is 29.6. The molecule has 250 valence electrons. The molecular formula is C50H35N3. The Morgan fingerprint density at radius 3 is 1.85 bits per heavy atom. The van der Waals surface area contributed by atoms with E-state index in [1.807, 2.05) is 30.5 Å². The summed E-state index contributed by atoms with van der Waals surface area (Å²) in [4.78, 5) is 14.7. The summed E-state index contributed by atoms with van der Waals surface area (Å²) in [5.41, 5.74) is 14.8. The smallest absolute Gasteiger partial charge is 0.160 e. The third-order valence-electron chi connectivity index (χ3n) is 11.0. The van der Waals surface area contributed by atoms with Crippen LogP contribution in [0.15, 0.2) is 176 Å². The quantitative estimate of drug-likeness (QED) is 0.182. The molecule has 10 rings (SSSR count). The molecule has 7 aromatic carbocycles. The van der Waals surface area contributed by atoms with Gasteiger partial charge in [0.05, 0.1) is 11.4 Å². The lowest BCUT2D eigenvalue weighted by atomic mass is 9.81. The first kappa shape index (κ1) is 31.1. The van der Waals surface area contributed by atoms with Gasteiger partial charge in [-0.2, -0.15) is 0 Å². The van der Waals surface area contributed by atoms with E-state index in [9.17, 15) is 0 Å². The Morgan fingerprint density at radius 2 is 1.04 bits per heavy atom. The van der Waals surface area contributed by atoms with E-state index in [2.05, 4.69) is 158 Å². The first-order valence-corrected chi connectivity index (χ1v) is 18.2. The molecule has 0 atom stereocenters. The Kier molecular flexibility index (Phi) is 7.16. The first-order valence-electron chi connectivity index (χ1n) is 18.2. The minimum Gasteiger partial charge on any atom is -0.264 e. The van der Waals surface area contributed by atoms with E-state index in [1.54, 1.807) is 6.20 Å². The number of benzene rings is 7. The van der Waals surface area contributed by atoms with E-state index in [1.165, 1.54) is 49.5 Å². The molecule has 9 aromatic rings. The minimum absolute atomic E-state index is 0.111. The van der Waals surface area contributed by atoms with Crippen LogP contribution in [0.5, 0.6) is 0 Å². The molecule has 0 aliphatic heterocycles. The van der Waals surface area contributed by atoms with Crippen molar-refractivity contribution in [1.29, 1.82) is 0 Å². The Labute approximate surface area is 309 Å². The molecule has 0 unspecified atom stereocenters. The molecule has 1 aliphatic carbocycles. The van der Waals surface area contributed by atoms with Crippen LogP contribution in [0.2, 0.25) is 0 Å². The van der Waals surface area contributed by atoms with Crippen molar-refractivity contribution in [2.45, 2.75) is 19.3 Å². The molecule has 0 saturated heterocycles. The van der Waals surface area contributed by atoms with Gasteiger partial charge < -0.3 is 0 Å². The summed E-state index contributed by atoms with van der Waals surface area (Å²) in [6.07, 6.45) is 3.70. The van der Waals surface area contributed by atoms with Crippen molar-refractivity contribution in [2.75, 3.05) is 0 Å². The zero-order chi connectivity index (χ0) is 35.5. The van der Waals surface area contributed by atoms with E-state index in [0.717, 1.165) is 44.6 Å². The van der Waals surface area contributed by atoms with Gasteiger partial charge >= 0.3 is 0 Å². The maximum atomic E-state index is 5.22. The summed E-state index contributed by atoms with van der Waals surface area (Å²) in [5.74, 6) is 0.700. The number of hydrogen-bond donors (Lipinski definition) is 0. The van der Waals surface area contributed by atoms with Crippen molar-refractivity contribution >= 4 is 21.5 Å². The van der Waals surface area contributed by atoms with Crippen molar-refractivity contribution in [1.82, 2.24) is 15.0 Å². The molecule has 3 nitrogen and oxygen atoms in total. The second-order valence-corrected chi connectivity index (χ2v) is 14.5. The fraction of sp³-hybridized carbons (Fsp3) is 0.0600. The summed E-state index contributed by atoms with van der Waals surface area (Å²) in [6.45, 7) is 4.72. The van der Waals surface area contributed by atoms with Crippen LogP contribution < -0.4 is 0 Å². The SMILES string of the molecule is CC1(C)c2cc(-c3ccc(-c4cc(-c5cccc(-c6cccnc6)c5)nc(-c5ccccc5)n4)c4ccccc34)ccc2-c2cc3ccccc3cc21. The van der Waals surface area contributed by atoms with E-state index in [4.69, 9.17) is 9.97 Å². The largest absolute Gasteiger partial charge is 0.264 e. The average Bonchev–Trinajstić information content (AvgIpc) is 3.44. The topological polar surface area (TPSA) is 38.7 Å². The van der Waals surface area contributed by atoms with Gasteiger partial charge in [0.15, 0.2) is 5.82 Å². The van der Waals surface area contributed by atoms with Gasteiger partial charge in [0.1, 0.15) is 0 Å². The number of hydrogen-bond acceptors (Lipinski definition) is 3.